The molecule has 2 amide bonds. The Hall–Kier alpha value is -2.33. The highest BCUT2D eigenvalue weighted by atomic mass is 35.5. The highest BCUT2D eigenvalue weighted by Gasteiger charge is 2.24. The SMILES string of the molecule is O=CNc1cccc(C2CCC(CC(=O)Nc3ccc(Cl)cc3)CC2)c1. The fourth-order valence-electron chi connectivity index (χ4n) is 3.66. The fraction of sp³-hybridized carbons (Fsp3) is 0.333. The maximum Gasteiger partial charge on any atom is 0.224 e. The molecule has 1 aliphatic carbocycles. The van der Waals surface area contributed by atoms with Gasteiger partial charge in [0.2, 0.25) is 12.3 Å². The van der Waals surface area contributed by atoms with Crippen LogP contribution < -0.4 is 10.6 Å². The van der Waals surface area contributed by atoms with Crippen molar-refractivity contribution in [1.29, 1.82) is 0 Å². The molecular weight excluding hydrogens is 348 g/mol. The van der Waals surface area contributed by atoms with Crippen LogP contribution in [0.25, 0.3) is 0 Å². The maximum absolute atomic E-state index is 12.2. The fourth-order valence-corrected chi connectivity index (χ4v) is 3.78. The number of anilines is 2. The number of carbonyl (C=O) groups is 2. The van der Waals surface area contributed by atoms with E-state index in [9.17, 15) is 9.59 Å². The number of amides is 2. The summed E-state index contributed by atoms with van der Waals surface area (Å²) in [5.74, 6) is 0.988. The molecule has 2 aromatic carbocycles. The molecule has 1 saturated carbocycles. The van der Waals surface area contributed by atoms with Crippen molar-refractivity contribution in [2.75, 3.05) is 10.6 Å². The monoisotopic (exact) mass is 370 g/mol. The van der Waals surface area contributed by atoms with Crippen LogP contribution in [0.15, 0.2) is 48.5 Å². The van der Waals surface area contributed by atoms with E-state index in [4.69, 9.17) is 11.6 Å². The molecule has 0 unspecified atom stereocenters. The number of hydrogen-bond acceptors (Lipinski definition) is 2. The molecule has 0 bridgehead atoms. The van der Waals surface area contributed by atoms with Crippen LogP contribution in [-0.4, -0.2) is 12.3 Å². The molecule has 2 N–H and O–H groups in total. The van der Waals surface area contributed by atoms with Gasteiger partial charge in [0.05, 0.1) is 0 Å². The van der Waals surface area contributed by atoms with Gasteiger partial charge in [-0.25, -0.2) is 0 Å². The van der Waals surface area contributed by atoms with E-state index in [0.29, 0.717) is 29.7 Å². The van der Waals surface area contributed by atoms with Crippen molar-refractivity contribution in [3.63, 3.8) is 0 Å². The molecule has 0 heterocycles. The lowest BCUT2D eigenvalue weighted by Crippen LogP contribution is -2.20. The second kappa shape index (κ2) is 8.86. The van der Waals surface area contributed by atoms with E-state index in [0.717, 1.165) is 37.1 Å². The van der Waals surface area contributed by atoms with Crippen LogP contribution in [-0.2, 0) is 9.59 Å². The Balaban J connectivity index is 1.49. The predicted molar refractivity (Wildman–Crippen MR) is 106 cm³/mol. The van der Waals surface area contributed by atoms with Crippen molar-refractivity contribution in [2.24, 2.45) is 5.92 Å². The third-order valence-electron chi connectivity index (χ3n) is 5.03. The summed E-state index contributed by atoms with van der Waals surface area (Å²) < 4.78 is 0. The molecular formula is C21H23ClN2O2. The smallest absolute Gasteiger partial charge is 0.224 e. The molecule has 0 radical (unpaired) electrons. The topological polar surface area (TPSA) is 58.2 Å². The first kappa shape index (κ1) is 18.5. The summed E-state index contributed by atoms with van der Waals surface area (Å²) in [6.07, 6.45) is 5.50. The molecule has 0 saturated heterocycles. The first-order chi connectivity index (χ1) is 12.6. The van der Waals surface area contributed by atoms with Gasteiger partial charge in [-0.3, -0.25) is 9.59 Å². The molecule has 136 valence electrons. The zero-order valence-electron chi connectivity index (χ0n) is 14.6. The third kappa shape index (κ3) is 5.09. The molecule has 0 aromatic heterocycles. The van der Waals surface area contributed by atoms with E-state index in [1.165, 1.54) is 5.56 Å². The van der Waals surface area contributed by atoms with Crippen molar-refractivity contribution >= 4 is 35.3 Å². The molecule has 3 rings (SSSR count). The predicted octanol–water partition coefficient (Wildman–Crippen LogP) is 5.21. The van der Waals surface area contributed by atoms with Gasteiger partial charge in [0, 0.05) is 22.8 Å². The quantitative estimate of drug-likeness (QED) is 0.685. The van der Waals surface area contributed by atoms with Crippen LogP contribution in [0.3, 0.4) is 0 Å². The number of hydrogen-bond donors (Lipinski definition) is 2. The highest BCUT2D eigenvalue weighted by Crippen LogP contribution is 2.37. The summed E-state index contributed by atoms with van der Waals surface area (Å²) in [5, 5.41) is 6.31. The van der Waals surface area contributed by atoms with Crippen LogP contribution in [0, 0.1) is 5.92 Å². The lowest BCUT2D eigenvalue weighted by atomic mass is 9.77. The molecule has 2 aromatic rings. The Morgan fingerprint density at radius 1 is 1.04 bits per heavy atom. The molecule has 26 heavy (non-hydrogen) atoms. The van der Waals surface area contributed by atoms with Crippen molar-refractivity contribution < 1.29 is 9.59 Å². The first-order valence-electron chi connectivity index (χ1n) is 8.99. The Bertz CT molecular complexity index is 753. The van der Waals surface area contributed by atoms with E-state index < -0.39 is 0 Å². The molecule has 1 aliphatic rings. The minimum atomic E-state index is 0.0629. The molecule has 0 atom stereocenters. The minimum Gasteiger partial charge on any atom is -0.329 e. The average molecular weight is 371 g/mol. The van der Waals surface area contributed by atoms with Crippen molar-refractivity contribution in [3.05, 3.63) is 59.1 Å². The summed E-state index contributed by atoms with van der Waals surface area (Å²) in [4.78, 5) is 22.8. The summed E-state index contributed by atoms with van der Waals surface area (Å²) in [6.45, 7) is 0. The molecule has 0 spiro atoms. The Morgan fingerprint density at radius 2 is 1.77 bits per heavy atom. The second-order valence-electron chi connectivity index (χ2n) is 6.86. The molecule has 4 nitrogen and oxygen atoms in total. The van der Waals surface area contributed by atoms with Gasteiger partial charge in [0.25, 0.3) is 0 Å². The van der Waals surface area contributed by atoms with Gasteiger partial charge in [0.1, 0.15) is 0 Å². The number of benzene rings is 2. The largest absolute Gasteiger partial charge is 0.329 e. The zero-order chi connectivity index (χ0) is 18.4. The summed E-state index contributed by atoms with van der Waals surface area (Å²) in [7, 11) is 0. The van der Waals surface area contributed by atoms with E-state index >= 15 is 0 Å². The van der Waals surface area contributed by atoms with Gasteiger partial charge in [-0.15, -0.1) is 0 Å². The standard InChI is InChI=1S/C21H23ClN2O2/c22-18-8-10-19(11-9-18)24-21(26)12-15-4-6-16(7-5-15)17-2-1-3-20(13-17)23-14-25/h1-3,8-11,13-16H,4-7,12H2,(H,23,25)(H,24,26). The van der Waals surface area contributed by atoms with E-state index in [-0.39, 0.29) is 5.91 Å². The minimum absolute atomic E-state index is 0.0629. The number of nitrogens with one attached hydrogen (secondary N) is 2. The van der Waals surface area contributed by atoms with Crippen molar-refractivity contribution in [3.8, 4) is 0 Å². The van der Waals surface area contributed by atoms with E-state index in [1.54, 1.807) is 12.1 Å². The summed E-state index contributed by atoms with van der Waals surface area (Å²) >= 11 is 5.86. The number of rotatable bonds is 6. The van der Waals surface area contributed by atoms with Crippen LogP contribution in [0.4, 0.5) is 11.4 Å². The van der Waals surface area contributed by atoms with Crippen molar-refractivity contribution in [2.45, 2.75) is 38.0 Å². The van der Waals surface area contributed by atoms with E-state index in [1.807, 2.05) is 30.3 Å². The highest BCUT2D eigenvalue weighted by molar-refractivity contribution is 6.30. The molecule has 1 fully saturated rings. The Kier molecular flexibility index (Phi) is 6.29. The lowest BCUT2D eigenvalue weighted by molar-refractivity contribution is -0.117. The van der Waals surface area contributed by atoms with Gasteiger partial charge >= 0.3 is 0 Å². The van der Waals surface area contributed by atoms with Gasteiger partial charge in [-0.2, -0.15) is 0 Å². The van der Waals surface area contributed by atoms with Crippen LogP contribution in [0.2, 0.25) is 5.02 Å². The Labute approximate surface area is 158 Å². The van der Waals surface area contributed by atoms with Crippen molar-refractivity contribution in [1.82, 2.24) is 0 Å². The molecule has 0 aliphatic heterocycles. The normalized spacial score (nSPS) is 19.6. The van der Waals surface area contributed by atoms with Gasteiger partial charge in [-0.1, -0.05) is 23.7 Å². The van der Waals surface area contributed by atoms with Gasteiger partial charge in [-0.05, 0) is 79.5 Å². The summed E-state index contributed by atoms with van der Waals surface area (Å²) in [5.41, 5.74) is 2.88. The van der Waals surface area contributed by atoms with Gasteiger partial charge in [0.15, 0.2) is 0 Å². The second-order valence-corrected chi connectivity index (χ2v) is 7.30. The van der Waals surface area contributed by atoms with Crippen LogP contribution in [0.1, 0.15) is 43.6 Å². The van der Waals surface area contributed by atoms with E-state index in [2.05, 4.69) is 16.7 Å². The third-order valence-corrected chi connectivity index (χ3v) is 5.28. The van der Waals surface area contributed by atoms with Gasteiger partial charge < -0.3 is 10.6 Å². The maximum atomic E-state index is 12.2. The number of carbonyl (C=O) groups excluding carboxylic acids is 2. The number of halogens is 1. The molecule has 5 heteroatoms. The first-order valence-corrected chi connectivity index (χ1v) is 9.37. The van der Waals surface area contributed by atoms with Crippen LogP contribution >= 0.6 is 11.6 Å². The van der Waals surface area contributed by atoms with Crippen LogP contribution in [0.5, 0.6) is 0 Å². The lowest BCUT2D eigenvalue weighted by Gasteiger charge is -2.28. The average Bonchev–Trinajstić information content (AvgIpc) is 2.65. The Morgan fingerprint density at radius 3 is 2.46 bits per heavy atom. The zero-order valence-corrected chi connectivity index (χ0v) is 15.3. The summed E-state index contributed by atoms with van der Waals surface area (Å²) in [6, 6.07) is 15.2.